The van der Waals surface area contributed by atoms with Gasteiger partial charge in [0.25, 0.3) is 0 Å². The third-order valence-electron chi connectivity index (χ3n) is 3.94. The lowest BCUT2D eigenvalue weighted by Crippen LogP contribution is -2.32. The lowest BCUT2D eigenvalue weighted by atomic mass is 10.2. The minimum absolute atomic E-state index is 0.0952. The summed E-state index contributed by atoms with van der Waals surface area (Å²) in [5.41, 5.74) is 2.77. The number of rotatable bonds is 6. The number of amides is 1. The Hall–Kier alpha value is -2.48. The van der Waals surface area contributed by atoms with E-state index in [1.807, 2.05) is 61.3 Å². The fraction of sp³-hybridized carbons (Fsp3) is 0.211. The van der Waals surface area contributed by atoms with E-state index < -0.39 is 0 Å². The van der Waals surface area contributed by atoms with E-state index in [2.05, 4.69) is 10.4 Å². The highest BCUT2D eigenvalue weighted by molar-refractivity contribution is 7.71. The molecule has 1 aromatic heterocycles. The summed E-state index contributed by atoms with van der Waals surface area (Å²) in [7, 11) is 1.84. The van der Waals surface area contributed by atoms with Crippen molar-refractivity contribution in [1.29, 1.82) is 0 Å². The molecule has 6 nitrogen and oxygen atoms in total. The van der Waals surface area contributed by atoms with Crippen LogP contribution in [0.25, 0.3) is 5.69 Å². The predicted molar refractivity (Wildman–Crippen MR) is 110 cm³/mol. The monoisotopic (exact) mass is 401 g/mol. The molecule has 2 aromatic carbocycles. The molecule has 1 heterocycles. The minimum atomic E-state index is -0.0952. The number of carbonyl (C=O) groups is 1. The Labute approximate surface area is 168 Å². The zero-order valence-corrected chi connectivity index (χ0v) is 16.7. The molecule has 3 rings (SSSR count). The van der Waals surface area contributed by atoms with Gasteiger partial charge in [0.1, 0.15) is 6.33 Å². The first-order valence-electron chi connectivity index (χ1n) is 8.38. The van der Waals surface area contributed by atoms with Crippen molar-refractivity contribution in [1.82, 2.24) is 19.2 Å². The normalized spacial score (nSPS) is 11.0. The van der Waals surface area contributed by atoms with E-state index in [1.165, 1.54) is 0 Å². The van der Waals surface area contributed by atoms with Crippen molar-refractivity contribution in [3.05, 3.63) is 70.2 Å². The molecule has 3 aromatic rings. The summed E-state index contributed by atoms with van der Waals surface area (Å²) in [6.45, 7) is 2.62. The van der Waals surface area contributed by atoms with Gasteiger partial charge in [-0.15, -0.1) is 0 Å². The Bertz CT molecular complexity index is 996. The van der Waals surface area contributed by atoms with E-state index in [0.717, 1.165) is 16.9 Å². The van der Waals surface area contributed by atoms with Gasteiger partial charge in [0.2, 0.25) is 10.7 Å². The fourth-order valence-electron chi connectivity index (χ4n) is 2.60. The third kappa shape index (κ3) is 5.03. The molecule has 0 aliphatic heterocycles. The minimum Gasteiger partial charge on any atom is -0.325 e. The van der Waals surface area contributed by atoms with Gasteiger partial charge >= 0.3 is 0 Å². The van der Waals surface area contributed by atoms with Crippen molar-refractivity contribution in [2.24, 2.45) is 0 Å². The van der Waals surface area contributed by atoms with E-state index in [4.69, 9.17) is 23.8 Å². The topological polar surface area (TPSA) is 55.1 Å². The molecule has 140 valence electrons. The van der Waals surface area contributed by atoms with Crippen molar-refractivity contribution in [2.45, 2.75) is 13.6 Å². The molecule has 8 heteroatoms. The number of hydrogen-bond acceptors (Lipinski definition) is 4. The Morgan fingerprint density at radius 3 is 2.70 bits per heavy atom. The summed E-state index contributed by atoms with van der Waals surface area (Å²) in [5, 5.41) is 7.83. The number of carbonyl (C=O) groups excluding carboxylic acids is 1. The van der Waals surface area contributed by atoms with Crippen LogP contribution >= 0.6 is 23.8 Å². The van der Waals surface area contributed by atoms with E-state index in [1.54, 1.807) is 21.6 Å². The molecule has 0 aliphatic carbocycles. The largest absolute Gasteiger partial charge is 0.325 e. The van der Waals surface area contributed by atoms with E-state index >= 15 is 0 Å². The van der Waals surface area contributed by atoms with Crippen LogP contribution in [0.1, 0.15) is 5.56 Å². The van der Waals surface area contributed by atoms with Crippen LogP contribution in [0.15, 0.2) is 54.9 Å². The van der Waals surface area contributed by atoms with Crippen LogP contribution < -0.4 is 5.32 Å². The SMILES string of the molecule is Cc1ccc(NC(=O)CN(C)Cn2ncn(-c3cccc(Cl)c3)c2=S)cc1. The van der Waals surface area contributed by atoms with Gasteiger partial charge in [-0.25, -0.2) is 4.68 Å². The Morgan fingerprint density at radius 1 is 1.26 bits per heavy atom. The number of aromatic nitrogens is 3. The highest BCUT2D eigenvalue weighted by atomic mass is 35.5. The molecule has 1 amide bonds. The van der Waals surface area contributed by atoms with Gasteiger partial charge in [0, 0.05) is 10.7 Å². The van der Waals surface area contributed by atoms with Gasteiger partial charge in [-0.3, -0.25) is 14.3 Å². The maximum Gasteiger partial charge on any atom is 0.238 e. The maximum absolute atomic E-state index is 12.2. The highest BCUT2D eigenvalue weighted by Gasteiger charge is 2.10. The maximum atomic E-state index is 12.2. The molecular weight excluding hydrogens is 382 g/mol. The van der Waals surface area contributed by atoms with Crippen molar-refractivity contribution >= 4 is 35.4 Å². The second-order valence-corrected chi connectivity index (χ2v) is 7.13. The Kier molecular flexibility index (Phi) is 6.05. The van der Waals surface area contributed by atoms with Crippen molar-refractivity contribution in [2.75, 3.05) is 18.9 Å². The van der Waals surface area contributed by atoms with E-state index in [0.29, 0.717) is 16.5 Å². The van der Waals surface area contributed by atoms with Crippen LogP contribution in [0, 0.1) is 11.7 Å². The van der Waals surface area contributed by atoms with Crippen LogP contribution in [0.2, 0.25) is 5.02 Å². The summed E-state index contributed by atoms with van der Waals surface area (Å²) in [4.78, 5) is 14.1. The van der Waals surface area contributed by atoms with Crippen LogP contribution in [-0.2, 0) is 11.5 Å². The number of halogens is 1. The van der Waals surface area contributed by atoms with Gasteiger partial charge in [-0.1, -0.05) is 35.4 Å². The molecule has 0 saturated heterocycles. The van der Waals surface area contributed by atoms with Crippen LogP contribution in [-0.4, -0.2) is 38.7 Å². The summed E-state index contributed by atoms with van der Waals surface area (Å²) in [5.74, 6) is -0.0952. The summed E-state index contributed by atoms with van der Waals surface area (Å²) in [6, 6.07) is 15.1. The molecule has 0 unspecified atom stereocenters. The predicted octanol–water partition coefficient (Wildman–Crippen LogP) is 3.89. The number of anilines is 1. The second-order valence-electron chi connectivity index (χ2n) is 6.33. The molecule has 0 bridgehead atoms. The van der Waals surface area contributed by atoms with Gasteiger partial charge in [-0.2, -0.15) is 5.10 Å². The summed E-state index contributed by atoms with van der Waals surface area (Å²) >= 11 is 11.5. The molecule has 27 heavy (non-hydrogen) atoms. The van der Waals surface area contributed by atoms with Gasteiger partial charge in [-0.05, 0) is 56.5 Å². The highest BCUT2D eigenvalue weighted by Crippen LogP contribution is 2.15. The molecule has 0 fully saturated rings. The van der Waals surface area contributed by atoms with E-state index in [-0.39, 0.29) is 12.5 Å². The molecule has 1 N–H and O–H groups in total. The lowest BCUT2D eigenvalue weighted by Gasteiger charge is -2.16. The van der Waals surface area contributed by atoms with Gasteiger partial charge < -0.3 is 5.32 Å². The van der Waals surface area contributed by atoms with Crippen molar-refractivity contribution in [3.63, 3.8) is 0 Å². The second kappa shape index (κ2) is 8.47. The lowest BCUT2D eigenvalue weighted by molar-refractivity contribution is -0.117. The summed E-state index contributed by atoms with van der Waals surface area (Å²) in [6.07, 6.45) is 1.65. The first-order valence-corrected chi connectivity index (χ1v) is 9.16. The number of nitrogens with one attached hydrogen (secondary N) is 1. The standard InChI is InChI=1S/C19H20ClN5OS/c1-14-6-8-16(9-7-14)22-18(26)11-23(2)13-25-19(27)24(12-21-25)17-5-3-4-15(20)10-17/h3-10,12H,11,13H2,1-2H3,(H,22,26). The number of likely N-dealkylation sites (N-methyl/N-ethyl adjacent to an activating group) is 1. The smallest absolute Gasteiger partial charge is 0.238 e. The number of aryl methyl sites for hydroxylation is 1. The summed E-state index contributed by atoms with van der Waals surface area (Å²) < 4.78 is 3.97. The first-order chi connectivity index (χ1) is 12.9. The van der Waals surface area contributed by atoms with Gasteiger partial charge in [0.15, 0.2) is 0 Å². The molecule has 0 aliphatic rings. The zero-order valence-electron chi connectivity index (χ0n) is 15.1. The Morgan fingerprint density at radius 2 is 2.00 bits per heavy atom. The van der Waals surface area contributed by atoms with Crippen molar-refractivity contribution < 1.29 is 4.79 Å². The Balaban J connectivity index is 1.62. The fourth-order valence-corrected chi connectivity index (χ4v) is 3.04. The van der Waals surface area contributed by atoms with Crippen LogP contribution in [0.4, 0.5) is 5.69 Å². The number of benzene rings is 2. The van der Waals surface area contributed by atoms with Crippen LogP contribution in [0.3, 0.4) is 0 Å². The van der Waals surface area contributed by atoms with Crippen LogP contribution in [0.5, 0.6) is 0 Å². The third-order valence-corrected chi connectivity index (χ3v) is 4.59. The first kappa shape index (κ1) is 19.3. The van der Waals surface area contributed by atoms with Gasteiger partial charge in [0.05, 0.1) is 18.9 Å². The molecule has 0 atom stereocenters. The zero-order chi connectivity index (χ0) is 19.4. The number of nitrogens with zero attached hydrogens (tertiary/aromatic N) is 4. The average Bonchev–Trinajstić information content (AvgIpc) is 2.97. The average molecular weight is 402 g/mol. The molecule has 0 radical (unpaired) electrons. The molecule has 0 saturated carbocycles. The quantitative estimate of drug-likeness (QED) is 0.636. The number of hydrogen-bond donors (Lipinski definition) is 1. The molecular formula is C19H20ClN5OS. The molecule has 0 spiro atoms. The van der Waals surface area contributed by atoms with Crippen molar-refractivity contribution in [3.8, 4) is 5.69 Å². The van der Waals surface area contributed by atoms with E-state index in [9.17, 15) is 4.79 Å².